The van der Waals surface area contributed by atoms with Crippen LogP contribution in [0.5, 0.6) is 11.5 Å². The topological polar surface area (TPSA) is 53.9 Å². The molecular weight excluding hydrogens is 308 g/mol. The summed E-state index contributed by atoms with van der Waals surface area (Å²) in [4.78, 5) is 0. The Morgan fingerprint density at radius 1 is 1.26 bits per heavy atom. The normalized spacial score (nSPS) is 10.6. The summed E-state index contributed by atoms with van der Waals surface area (Å²) in [5.41, 5.74) is 4.32. The Morgan fingerprint density at radius 3 is 2.68 bits per heavy atom. The SMILES string of the molecule is COc1cc(Br)c(O)c(/C=N\Nc2ccccc2)c1. The number of halogens is 1. The maximum Gasteiger partial charge on any atom is 0.138 e. The first kappa shape index (κ1) is 13.4. The molecule has 0 unspecified atom stereocenters. The minimum Gasteiger partial charge on any atom is -0.506 e. The lowest BCUT2D eigenvalue weighted by Crippen LogP contribution is -1.92. The lowest BCUT2D eigenvalue weighted by atomic mass is 10.2. The minimum absolute atomic E-state index is 0.124. The van der Waals surface area contributed by atoms with E-state index in [2.05, 4.69) is 26.5 Å². The molecule has 0 heterocycles. The predicted octanol–water partition coefficient (Wildman–Crippen LogP) is 3.61. The van der Waals surface area contributed by atoms with Crippen molar-refractivity contribution in [2.75, 3.05) is 12.5 Å². The van der Waals surface area contributed by atoms with Gasteiger partial charge in [0.1, 0.15) is 11.5 Å². The molecule has 5 heteroatoms. The van der Waals surface area contributed by atoms with E-state index in [4.69, 9.17) is 4.74 Å². The Hall–Kier alpha value is -2.01. The molecule has 0 amide bonds. The van der Waals surface area contributed by atoms with Crippen LogP contribution in [-0.2, 0) is 0 Å². The average Bonchev–Trinajstić information content (AvgIpc) is 2.44. The minimum atomic E-state index is 0.124. The monoisotopic (exact) mass is 320 g/mol. The molecule has 19 heavy (non-hydrogen) atoms. The second-order valence-electron chi connectivity index (χ2n) is 3.78. The summed E-state index contributed by atoms with van der Waals surface area (Å²) in [6.45, 7) is 0. The van der Waals surface area contributed by atoms with Crippen LogP contribution in [0.2, 0.25) is 0 Å². The summed E-state index contributed by atoms with van der Waals surface area (Å²) in [5, 5.41) is 14.0. The van der Waals surface area contributed by atoms with Gasteiger partial charge in [0.25, 0.3) is 0 Å². The van der Waals surface area contributed by atoms with Gasteiger partial charge in [-0.2, -0.15) is 5.10 Å². The number of hydrogen-bond donors (Lipinski definition) is 2. The van der Waals surface area contributed by atoms with Crippen LogP contribution in [0.1, 0.15) is 5.56 Å². The highest BCUT2D eigenvalue weighted by Gasteiger charge is 2.06. The summed E-state index contributed by atoms with van der Waals surface area (Å²) >= 11 is 3.26. The standard InChI is InChI=1S/C14H13BrN2O2/c1-19-12-7-10(14(18)13(15)8-12)9-16-17-11-5-3-2-4-6-11/h2-9,17-18H,1H3/b16-9-. The highest BCUT2D eigenvalue weighted by Crippen LogP contribution is 2.31. The van der Waals surface area contributed by atoms with Crippen LogP contribution in [0.3, 0.4) is 0 Å². The quantitative estimate of drug-likeness (QED) is 0.668. The van der Waals surface area contributed by atoms with E-state index in [9.17, 15) is 5.11 Å². The van der Waals surface area contributed by atoms with Crippen LogP contribution in [0, 0.1) is 0 Å². The molecule has 0 saturated heterocycles. The molecule has 2 aromatic carbocycles. The maximum atomic E-state index is 9.89. The summed E-state index contributed by atoms with van der Waals surface area (Å²) in [7, 11) is 1.57. The van der Waals surface area contributed by atoms with Crippen LogP contribution in [0.25, 0.3) is 0 Å². The molecule has 0 aromatic heterocycles. The number of nitrogens with zero attached hydrogens (tertiary/aromatic N) is 1. The molecule has 2 rings (SSSR count). The molecule has 0 aliphatic heterocycles. The van der Waals surface area contributed by atoms with Crippen molar-refractivity contribution in [1.82, 2.24) is 0 Å². The second-order valence-corrected chi connectivity index (χ2v) is 4.64. The molecule has 2 aromatic rings. The fraction of sp³-hybridized carbons (Fsp3) is 0.0714. The van der Waals surface area contributed by atoms with Crippen molar-refractivity contribution < 1.29 is 9.84 Å². The predicted molar refractivity (Wildman–Crippen MR) is 80.0 cm³/mol. The Morgan fingerprint density at radius 2 is 2.00 bits per heavy atom. The molecule has 2 N–H and O–H groups in total. The van der Waals surface area contributed by atoms with Crippen molar-refractivity contribution in [3.05, 3.63) is 52.5 Å². The molecule has 0 fully saturated rings. The van der Waals surface area contributed by atoms with E-state index in [-0.39, 0.29) is 5.75 Å². The zero-order valence-electron chi connectivity index (χ0n) is 10.3. The number of hydrazone groups is 1. The summed E-state index contributed by atoms with van der Waals surface area (Å²) < 4.78 is 5.70. The van der Waals surface area contributed by atoms with Crippen LogP contribution < -0.4 is 10.2 Å². The Labute approximate surface area is 119 Å². The number of benzene rings is 2. The van der Waals surface area contributed by atoms with Crippen molar-refractivity contribution in [1.29, 1.82) is 0 Å². The highest BCUT2D eigenvalue weighted by molar-refractivity contribution is 9.10. The molecule has 0 radical (unpaired) electrons. The number of phenolic OH excluding ortho intramolecular Hbond substituents is 1. The van der Waals surface area contributed by atoms with Gasteiger partial charge >= 0.3 is 0 Å². The third-order valence-corrected chi connectivity index (χ3v) is 3.08. The molecule has 0 aliphatic carbocycles. The fourth-order valence-electron chi connectivity index (χ4n) is 1.50. The molecule has 0 saturated carbocycles. The summed E-state index contributed by atoms with van der Waals surface area (Å²) in [5.74, 6) is 0.769. The number of para-hydroxylation sites is 1. The van der Waals surface area contributed by atoms with Crippen molar-refractivity contribution in [2.45, 2.75) is 0 Å². The van der Waals surface area contributed by atoms with Crippen LogP contribution in [-0.4, -0.2) is 18.4 Å². The van der Waals surface area contributed by atoms with Crippen LogP contribution >= 0.6 is 15.9 Å². The number of rotatable bonds is 4. The van der Waals surface area contributed by atoms with Gasteiger partial charge in [-0.3, -0.25) is 5.43 Å². The van der Waals surface area contributed by atoms with E-state index >= 15 is 0 Å². The molecule has 0 aliphatic rings. The number of aromatic hydroxyl groups is 1. The van der Waals surface area contributed by atoms with Gasteiger partial charge in [0, 0.05) is 5.56 Å². The van der Waals surface area contributed by atoms with Gasteiger partial charge in [-0.1, -0.05) is 18.2 Å². The molecule has 4 nitrogen and oxygen atoms in total. The van der Waals surface area contributed by atoms with E-state index in [1.54, 1.807) is 19.2 Å². The lowest BCUT2D eigenvalue weighted by Gasteiger charge is -2.06. The van der Waals surface area contributed by atoms with E-state index < -0.39 is 0 Å². The zero-order chi connectivity index (χ0) is 13.7. The molecular formula is C14H13BrN2O2. The van der Waals surface area contributed by atoms with Crippen molar-refractivity contribution in [3.8, 4) is 11.5 Å². The van der Waals surface area contributed by atoms with E-state index in [1.165, 1.54) is 6.21 Å². The molecule has 0 atom stereocenters. The first-order valence-electron chi connectivity index (χ1n) is 5.61. The highest BCUT2D eigenvalue weighted by atomic mass is 79.9. The van der Waals surface area contributed by atoms with Gasteiger partial charge in [-0.05, 0) is 40.2 Å². The third kappa shape index (κ3) is 3.48. The van der Waals surface area contributed by atoms with E-state index in [1.807, 2.05) is 30.3 Å². The van der Waals surface area contributed by atoms with E-state index in [0.29, 0.717) is 15.8 Å². The van der Waals surface area contributed by atoms with Crippen LogP contribution in [0.15, 0.2) is 52.0 Å². The van der Waals surface area contributed by atoms with Crippen molar-refractivity contribution in [3.63, 3.8) is 0 Å². The smallest absolute Gasteiger partial charge is 0.138 e. The molecule has 98 valence electrons. The fourth-order valence-corrected chi connectivity index (χ4v) is 1.95. The first-order chi connectivity index (χ1) is 9.20. The van der Waals surface area contributed by atoms with Gasteiger partial charge in [-0.15, -0.1) is 0 Å². The van der Waals surface area contributed by atoms with Gasteiger partial charge in [0.2, 0.25) is 0 Å². The summed E-state index contributed by atoms with van der Waals surface area (Å²) in [6.07, 6.45) is 1.54. The van der Waals surface area contributed by atoms with Gasteiger partial charge in [0.15, 0.2) is 0 Å². The number of phenols is 1. The Balaban J connectivity index is 2.16. The van der Waals surface area contributed by atoms with E-state index in [0.717, 1.165) is 5.69 Å². The largest absolute Gasteiger partial charge is 0.506 e. The van der Waals surface area contributed by atoms with Gasteiger partial charge < -0.3 is 9.84 Å². The Kier molecular flexibility index (Phi) is 4.41. The second kappa shape index (κ2) is 6.24. The number of hydrogen-bond acceptors (Lipinski definition) is 4. The Bertz CT molecular complexity index is 585. The van der Waals surface area contributed by atoms with Gasteiger partial charge in [-0.25, -0.2) is 0 Å². The molecule has 0 bridgehead atoms. The number of ether oxygens (including phenoxy) is 1. The first-order valence-corrected chi connectivity index (χ1v) is 6.40. The number of methoxy groups -OCH3 is 1. The number of nitrogens with one attached hydrogen (secondary N) is 1. The van der Waals surface area contributed by atoms with Gasteiger partial charge in [0.05, 0.1) is 23.5 Å². The number of anilines is 1. The average molecular weight is 321 g/mol. The third-order valence-electron chi connectivity index (χ3n) is 2.47. The lowest BCUT2D eigenvalue weighted by molar-refractivity contribution is 0.411. The zero-order valence-corrected chi connectivity index (χ0v) is 11.9. The molecule has 0 spiro atoms. The van der Waals surface area contributed by atoms with Crippen LogP contribution in [0.4, 0.5) is 5.69 Å². The maximum absolute atomic E-state index is 9.89. The summed E-state index contributed by atoms with van der Waals surface area (Å²) in [6, 6.07) is 13.0. The van der Waals surface area contributed by atoms with Crippen molar-refractivity contribution in [2.24, 2.45) is 5.10 Å². The van der Waals surface area contributed by atoms with Crippen molar-refractivity contribution >= 4 is 27.8 Å².